The van der Waals surface area contributed by atoms with Crippen LogP contribution in [0, 0.1) is 6.92 Å². The normalized spacial score (nSPS) is 13.5. The summed E-state index contributed by atoms with van der Waals surface area (Å²) >= 11 is 0. The number of anilines is 4. The topological polar surface area (TPSA) is 150 Å². The van der Waals surface area contributed by atoms with Gasteiger partial charge in [-0.2, -0.15) is 5.10 Å². The first-order valence-corrected chi connectivity index (χ1v) is 9.85. The Bertz CT molecular complexity index is 1330. The van der Waals surface area contributed by atoms with Crippen LogP contribution < -0.4 is 22.1 Å². The van der Waals surface area contributed by atoms with E-state index in [0.29, 0.717) is 35.4 Å². The van der Waals surface area contributed by atoms with E-state index in [1.54, 1.807) is 23.3 Å². The van der Waals surface area contributed by atoms with Gasteiger partial charge >= 0.3 is 0 Å². The maximum atomic E-state index is 11.8. The van der Waals surface area contributed by atoms with E-state index in [-0.39, 0.29) is 12.5 Å². The smallest absolute Gasteiger partial charge is 0.241 e. The molecule has 4 aromatic rings. The van der Waals surface area contributed by atoms with Gasteiger partial charge in [-0.05, 0) is 30.0 Å². The summed E-state index contributed by atoms with van der Waals surface area (Å²) in [5, 5.41) is 12.2. The number of aromatic nitrogens is 5. The van der Waals surface area contributed by atoms with Crippen LogP contribution in [0.25, 0.3) is 22.0 Å². The number of pyridine rings is 3. The third-order valence-electron chi connectivity index (χ3n) is 5.39. The van der Waals surface area contributed by atoms with Crippen LogP contribution in [0.15, 0.2) is 36.8 Å². The van der Waals surface area contributed by atoms with Gasteiger partial charge in [-0.3, -0.25) is 14.5 Å². The Balaban J connectivity index is 1.50. The molecule has 5 rings (SSSR count). The van der Waals surface area contributed by atoms with Gasteiger partial charge in [-0.1, -0.05) is 0 Å². The Hall–Kier alpha value is -4.21. The summed E-state index contributed by atoms with van der Waals surface area (Å²) in [5.74, 6) is 1.59. The second kappa shape index (κ2) is 7.24. The lowest BCUT2D eigenvalue weighted by Gasteiger charge is -2.11. The monoisotopic (exact) mass is 415 g/mol. The average molecular weight is 415 g/mol. The Morgan fingerprint density at radius 3 is 2.87 bits per heavy atom. The summed E-state index contributed by atoms with van der Waals surface area (Å²) in [4.78, 5) is 24.9. The molecule has 0 fully saturated rings. The molecule has 0 atom stereocenters. The fourth-order valence-corrected chi connectivity index (χ4v) is 3.69. The summed E-state index contributed by atoms with van der Waals surface area (Å²) in [6.07, 6.45) is 5.76. The van der Waals surface area contributed by atoms with Gasteiger partial charge in [0.05, 0.1) is 17.6 Å². The number of hydrogen-bond donors (Lipinski definition) is 4. The molecular weight excluding hydrogens is 394 g/mol. The van der Waals surface area contributed by atoms with Crippen LogP contribution in [0.5, 0.6) is 0 Å². The van der Waals surface area contributed by atoms with Crippen molar-refractivity contribution in [3.8, 4) is 11.3 Å². The number of rotatable bonds is 3. The standard InChI is InChI=1S/C21H21N9O/c1-11-14(7-24-9-16(11)22)17-4-12-5-18(26-8-15(12)21(23)27-17)28-19-6-13-2-3-25-20(31)10-30(13)29-19/h4-9H,2-3,10,22H2,1H3,(H2,23,27)(H,25,31)(H,26,28,29). The maximum Gasteiger partial charge on any atom is 0.241 e. The van der Waals surface area contributed by atoms with Crippen molar-refractivity contribution >= 4 is 39.8 Å². The molecule has 156 valence electrons. The number of nitrogens with zero attached hydrogens (tertiary/aromatic N) is 5. The molecule has 0 radical (unpaired) electrons. The third kappa shape index (κ3) is 3.48. The molecule has 0 saturated carbocycles. The van der Waals surface area contributed by atoms with Gasteiger partial charge in [0, 0.05) is 48.1 Å². The lowest BCUT2D eigenvalue weighted by atomic mass is 10.0. The molecule has 0 aromatic carbocycles. The van der Waals surface area contributed by atoms with Gasteiger partial charge in [0.1, 0.15) is 18.2 Å². The predicted octanol–water partition coefficient (Wildman–Crippen LogP) is 1.78. The second-order valence-corrected chi connectivity index (χ2v) is 7.49. The van der Waals surface area contributed by atoms with E-state index in [1.165, 1.54) is 0 Å². The van der Waals surface area contributed by atoms with E-state index in [1.807, 2.05) is 25.1 Å². The lowest BCUT2D eigenvalue weighted by Crippen LogP contribution is -2.25. The maximum absolute atomic E-state index is 11.8. The minimum Gasteiger partial charge on any atom is -0.397 e. The molecule has 0 aliphatic carbocycles. The largest absolute Gasteiger partial charge is 0.397 e. The van der Waals surface area contributed by atoms with Gasteiger partial charge in [0.2, 0.25) is 5.91 Å². The first-order chi connectivity index (χ1) is 15.0. The highest BCUT2D eigenvalue weighted by molar-refractivity contribution is 5.95. The molecule has 1 amide bonds. The Morgan fingerprint density at radius 2 is 2.00 bits per heavy atom. The molecule has 5 heterocycles. The highest BCUT2D eigenvalue weighted by atomic mass is 16.2. The zero-order valence-corrected chi connectivity index (χ0v) is 16.9. The van der Waals surface area contributed by atoms with Gasteiger partial charge in [0.15, 0.2) is 5.82 Å². The van der Waals surface area contributed by atoms with Crippen LogP contribution in [-0.2, 0) is 17.8 Å². The van der Waals surface area contributed by atoms with Crippen molar-refractivity contribution in [1.82, 2.24) is 30.0 Å². The minimum absolute atomic E-state index is 0.0425. The summed E-state index contributed by atoms with van der Waals surface area (Å²) in [5.41, 5.74) is 16.2. The quantitative estimate of drug-likeness (QED) is 0.395. The molecule has 0 spiro atoms. The van der Waals surface area contributed by atoms with Crippen molar-refractivity contribution in [2.75, 3.05) is 23.3 Å². The summed E-state index contributed by atoms with van der Waals surface area (Å²) in [6, 6.07) is 5.76. The van der Waals surface area contributed by atoms with E-state index in [0.717, 1.165) is 34.0 Å². The van der Waals surface area contributed by atoms with Crippen molar-refractivity contribution in [1.29, 1.82) is 0 Å². The Morgan fingerprint density at radius 1 is 1.13 bits per heavy atom. The van der Waals surface area contributed by atoms with E-state index >= 15 is 0 Å². The molecular formula is C21H21N9O. The number of nitrogens with two attached hydrogens (primary N) is 2. The van der Waals surface area contributed by atoms with Gasteiger partial charge in [0.25, 0.3) is 0 Å². The fourth-order valence-electron chi connectivity index (χ4n) is 3.69. The molecule has 0 unspecified atom stereocenters. The molecule has 6 N–H and O–H groups in total. The van der Waals surface area contributed by atoms with Crippen molar-refractivity contribution in [2.45, 2.75) is 19.9 Å². The highest BCUT2D eigenvalue weighted by Crippen LogP contribution is 2.30. The minimum atomic E-state index is -0.0425. The number of nitrogen functional groups attached to an aromatic ring is 2. The number of carbonyl (C=O) groups excluding carboxylic acids is 1. The molecule has 1 aliphatic rings. The average Bonchev–Trinajstić information content (AvgIpc) is 3.01. The van der Waals surface area contributed by atoms with Crippen LogP contribution in [0.1, 0.15) is 11.3 Å². The SMILES string of the molecule is Cc1c(N)cncc1-c1cc2cc(Nc3cc4n(n3)CC(=O)NCC4)ncc2c(N)n1. The third-order valence-corrected chi connectivity index (χ3v) is 5.39. The number of amides is 1. The van der Waals surface area contributed by atoms with E-state index in [4.69, 9.17) is 11.5 Å². The van der Waals surface area contributed by atoms with Crippen molar-refractivity contribution < 1.29 is 4.79 Å². The highest BCUT2D eigenvalue weighted by Gasteiger charge is 2.16. The predicted molar refractivity (Wildman–Crippen MR) is 119 cm³/mol. The van der Waals surface area contributed by atoms with Crippen molar-refractivity contribution in [3.05, 3.63) is 48.0 Å². The number of carbonyl (C=O) groups is 1. The lowest BCUT2D eigenvalue weighted by molar-refractivity contribution is -0.121. The van der Waals surface area contributed by atoms with Crippen LogP contribution in [0.2, 0.25) is 0 Å². The first kappa shape index (κ1) is 18.8. The molecule has 10 nitrogen and oxygen atoms in total. The number of nitrogens with one attached hydrogen (secondary N) is 2. The number of fused-ring (bicyclic) bond motifs is 2. The zero-order chi connectivity index (χ0) is 21.5. The van der Waals surface area contributed by atoms with E-state index in [2.05, 4.69) is 30.7 Å². The Kier molecular flexibility index (Phi) is 4.39. The van der Waals surface area contributed by atoms with Gasteiger partial charge in [-0.15, -0.1) is 0 Å². The van der Waals surface area contributed by atoms with Crippen LogP contribution in [0.4, 0.5) is 23.1 Å². The molecule has 0 bridgehead atoms. The molecule has 10 heteroatoms. The van der Waals surface area contributed by atoms with Crippen LogP contribution >= 0.6 is 0 Å². The Labute approximate surface area is 177 Å². The summed E-state index contributed by atoms with van der Waals surface area (Å²) < 4.78 is 1.71. The van der Waals surface area contributed by atoms with Crippen molar-refractivity contribution in [2.24, 2.45) is 0 Å². The molecule has 0 saturated heterocycles. The number of hydrogen-bond acceptors (Lipinski definition) is 8. The van der Waals surface area contributed by atoms with Gasteiger partial charge < -0.3 is 22.1 Å². The first-order valence-electron chi connectivity index (χ1n) is 9.85. The van der Waals surface area contributed by atoms with Crippen LogP contribution in [0.3, 0.4) is 0 Å². The second-order valence-electron chi connectivity index (χ2n) is 7.49. The van der Waals surface area contributed by atoms with E-state index in [9.17, 15) is 4.79 Å². The zero-order valence-electron chi connectivity index (χ0n) is 16.9. The molecule has 4 aromatic heterocycles. The summed E-state index contributed by atoms with van der Waals surface area (Å²) in [7, 11) is 0. The fraction of sp³-hybridized carbons (Fsp3) is 0.190. The summed E-state index contributed by atoms with van der Waals surface area (Å²) in [6.45, 7) is 2.74. The van der Waals surface area contributed by atoms with Crippen molar-refractivity contribution in [3.63, 3.8) is 0 Å². The molecule has 31 heavy (non-hydrogen) atoms. The van der Waals surface area contributed by atoms with Gasteiger partial charge in [-0.25, -0.2) is 9.97 Å². The molecule has 1 aliphatic heterocycles. The van der Waals surface area contributed by atoms with E-state index < -0.39 is 0 Å². The van der Waals surface area contributed by atoms with Crippen LogP contribution in [-0.4, -0.2) is 37.2 Å².